The Kier molecular flexibility index (Phi) is 3.01. The van der Waals surface area contributed by atoms with E-state index in [2.05, 4.69) is 28.6 Å². The van der Waals surface area contributed by atoms with Crippen LogP contribution >= 0.6 is 0 Å². The van der Waals surface area contributed by atoms with Crippen LogP contribution in [0.1, 0.15) is 42.9 Å². The molecule has 0 bridgehead atoms. The lowest BCUT2D eigenvalue weighted by atomic mass is 10.0. The molecule has 1 fully saturated rings. The SMILES string of the molecule is Cc1cc(N)cc(-c2nncn2C2CCCC2)c1C. The summed E-state index contributed by atoms with van der Waals surface area (Å²) >= 11 is 0. The molecule has 0 amide bonds. The van der Waals surface area contributed by atoms with Crippen molar-refractivity contribution in [1.82, 2.24) is 14.8 Å². The van der Waals surface area contributed by atoms with Crippen LogP contribution in [0.3, 0.4) is 0 Å². The molecule has 0 saturated heterocycles. The molecule has 1 aliphatic rings. The minimum Gasteiger partial charge on any atom is -0.399 e. The monoisotopic (exact) mass is 256 g/mol. The Balaban J connectivity index is 2.10. The van der Waals surface area contributed by atoms with Gasteiger partial charge in [-0.3, -0.25) is 0 Å². The van der Waals surface area contributed by atoms with Crippen molar-refractivity contribution in [1.29, 1.82) is 0 Å². The van der Waals surface area contributed by atoms with Crippen molar-refractivity contribution in [3.05, 3.63) is 29.6 Å². The fraction of sp³-hybridized carbons (Fsp3) is 0.467. The molecule has 0 spiro atoms. The maximum absolute atomic E-state index is 5.98. The molecule has 2 N–H and O–H groups in total. The van der Waals surface area contributed by atoms with E-state index in [0.717, 1.165) is 17.1 Å². The third-order valence-corrected chi connectivity index (χ3v) is 4.22. The first-order valence-corrected chi connectivity index (χ1v) is 6.93. The van der Waals surface area contributed by atoms with Crippen molar-refractivity contribution in [2.24, 2.45) is 0 Å². The Morgan fingerprint density at radius 1 is 1.21 bits per heavy atom. The van der Waals surface area contributed by atoms with Gasteiger partial charge in [-0.05, 0) is 49.9 Å². The van der Waals surface area contributed by atoms with Crippen LogP contribution in [-0.2, 0) is 0 Å². The molecule has 4 heteroatoms. The molecule has 1 saturated carbocycles. The molecule has 0 atom stereocenters. The largest absolute Gasteiger partial charge is 0.399 e. The van der Waals surface area contributed by atoms with Crippen LogP contribution < -0.4 is 5.73 Å². The van der Waals surface area contributed by atoms with Gasteiger partial charge in [0.1, 0.15) is 6.33 Å². The highest BCUT2D eigenvalue weighted by molar-refractivity contribution is 5.67. The average Bonchev–Trinajstić information content (AvgIpc) is 3.02. The molecule has 1 aromatic carbocycles. The summed E-state index contributed by atoms with van der Waals surface area (Å²) < 4.78 is 2.23. The van der Waals surface area contributed by atoms with E-state index < -0.39 is 0 Å². The number of hydrogen-bond donors (Lipinski definition) is 1. The highest BCUT2D eigenvalue weighted by Gasteiger charge is 2.21. The third-order valence-electron chi connectivity index (χ3n) is 4.22. The Morgan fingerprint density at radius 3 is 2.68 bits per heavy atom. The van der Waals surface area contributed by atoms with Gasteiger partial charge in [0.05, 0.1) is 0 Å². The first-order valence-electron chi connectivity index (χ1n) is 6.93. The predicted molar refractivity (Wildman–Crippen MR) is 76.8 cm³/mol. The number of nitrogens with zero attached hydrogens (tertiary/aromatic N) is 3. The van der Waals surface area contributed by atoms with Crippen molar-refractivity contribution in [3.8, 4) is 11.4 Å². The summed E-state index contributed by atoms with van der Waals surface area (Å²) in [5.74, 6) is 0.958. The maximum Gasteiger partial charge on any atom is 0.164 e. The second-order valence-electron chi connectivity index (χ2n) is 5.51. The van der Waals surface area contributed by atoms with Gasteiger partial charge < -0.3 is 10.3 Å². The molecular formula is C15H20N4. The second kappa shape index (κ2) is 4.68. The van der Waals surface area contributed by atoms with E-state index >= 15 is 0 Å². The number of rotatable bonds is 2. The molecule has 1 aromatic heterocycles. The summed E-state index contributed by atoms with van der Waals surface area (Å²) in [6, 6.07) is 4.57. The Hall–Kier alpha value is -1.84. The van der Waals surface area contributed by atoms with Gasteiger partial charge in [-0.1, -0.05) is 12.8 Å². The van der Waals surface area contributed by atoms with Gasteiger partial charge in [-0.2, -0.15) is 0 Å². The number of anilines is 1. The first kappa shape index (κ1) is 12.2. The number of nitrogens with two attached hydrogens (primary N) is 1. The fourth-order valence-electron chi connectivity index (χ4n) is 3.00. The van der Waals surface area contributed by atoms with Gasteiger partial charge in [-0.25, -0.2) is 0 Å². The zero-order chi connectivity index (χ0) is 13.4. The molecule has 3 rings (SSSR count). The first-order chi connectivity index (χ1) is 9.16. The quantitative estimate of drug-likeness (QED) is 0.839. The van der Waals surface area contributed by atoms with E-state index in [0.29, 0.717) is 6.04 Å². The number of hydrogen-bond acceptors (Lipinski definition) is 3. The molecular weight excluding hydrogens is 236 g/mol. The van der Waals surface area contributed by atoms with E-state index in [4.69, 9.17) is 5.73 Å². The van der Waals surface area contributed by atoms with Crippen molar-refractivity contribution in [3.63, 3.8) is 0 Å². The van der Waals surface area contributed by atoms with Crippen LogP contribution in [0.15, 0.2) is 18.5 Å². The smallest absolute Gasteiger partial charge is 0.164 e. The lowest BCUT2D eigenvalue weighted by Crippen LogP contribution is -2.06. The molecule has 0 unspecified atom stereocenters. The standard InChI is InChI=1S/C15H20N4/c1-10-7-12(16)8-14(11(10)2)15-18-17-9-19(15)13-5-3-4-6-13/h7-9,13H,3-6,16H2,1-2H3. The molecule has 100 valence electrons. The lowest BCUT2D eigenvalue weighted by molar-refractivity contribution is 0.521. The maximum atomic E-state index is 5.98. The Morgan fingerprint density at radius 2 is 1.95 bits per heavy atom. The number of aryl methyl sites for hydroxylation is 1. The predicted octanol–water partition coefficient (Wildman–Crippen LogP) is 3.26. The van der Waals surface area contributed by atoms with Crippen LogP contribution in [0.2, 0.25) is 0 Å². The topological polar surface area (TPSA) is 56.7 Å². The number of nitrogen functional groups attached to an aromatic ring is 1. The van der Waals surface area contributed by atoms with Crippen molar-refractivity contribution >= 4 is 5.69 Å². The summed E-state index contributed by atoms with van der Waals surface area (Å²) in [5, 5.41) is 8.45. The number of benzene rings is 1. The van der Waals surface area contributed by atoms with Gasteiger partial charge in [0.25, 0.3) is 0 Å². The molecule has 0 radical (unpaired) electrons. The summed E-state index contributed by atoms with van der Waals surface area (Å²) in [7, 11) is 0. The highest BCUT2D eigenvalue weighted by Crippen LogP contribution is 2.34. The van der Waals surface area contributed by atoms with Gasteiger partial charge in [-0.15, -0.1) is 10.2 Å². The highest BCUT2D eigenvalue weighted by atomic mass is 15.3. The van der Waals surface area contributed by atoms with Crippen LogP contribution in [0.25, 0.3) is 11.4 Å². The van der Waals surface area contributed by atoms with Gasteiger partial charge in [0.2, 0.25) is 0 Å². The van der Waals surface area contributed by atoms with Crippen LogP contribution in [0.4, 0.5) is 5.69 Å². The second-order valence-corrected chi connectivity index (χ2v) is 5.51. The zero-order valence-electron chi connectivity index (χ0n) is 11.6. The van der Waals surface area contributed by atoms with E-state index in [-0.39, 0.29) is 0 Å². The minimum absolute atomic E-state index is 0.547. The van der Waals surface area contributed by atoms with Crippen LogP contribution in [0, 0.1) is 13.8 Å². The molecule has 19 heavy (non-hydrogen) atoms. The van der Waals surface area contributed by atoms with E-state index in [1.54, 1.807) is 0 Å². The van der Waals surface area contributed by atoms with Gasteiger partial charge in [0, 0.05) is 17.3 Å². The summed E-state index contributed by atoms with van der Waals surface area (Å²) in [4.78, 5) is 0. The molecule has 1 aliphatic carbocycles. The molecule has 2 aromatic rings. The average molecular weight is 256 g/mol. The summed E-state index contributed by atoms with van der Waals surface area (Å²) in [6.45, 7) is 4.21. The Labute approximate surface area is 113 Å². The summed E-state index contributed by atoms with van der Waals surface area (Å²) in [6.07, 6.45) is 6.93. The van der Waals surface area contributed by atoms with Crippen LogP contribution in [-0.4, -0.2) is 14.8 Å². The van der Waals surface area contributed by atoms with Gasteiger partial charge in [0.15, 0.2) is 5.82 Å². The minimum atomic E-state index is 0.547. The Bertz CT molecular complexity index is 594. The zero-order valence-corrected chi connectivity index (χ0v) is 11.6. The lowest BCUT2D eigenvalue weighted by Gasteiger charge is -2.16. The van der Waals surface area contributed by atoms with E-state index in [1.165, 1.54) is 36.8 Å². The molecule has 4 nitrogen and oxygen atoms in total. The van der Waals surface area contributed by atoms with Gasteiger partial charge >= 0.3 is 0 Å². The van der Waals surface area contributed by atoms with E-state index in [1.807, 2.05) is 18.5 Å². The molecule has 0 aliphatic heterocycles. The van der Waals surface area contributed by atoms with Crippen LogP contribution in [0.5, 0.6) is 0 Å². The molecule has 1 heterocycles. The van der Waals surface area contributed by atoms with Crippen molar-refractivity contribution < 1.29 is 0 Å². The summed E-state index contributed by atoms with van der Waals surface area (Å²) in [5.41, 5.74) is 10.3. The van der Waals surface area contributed by atoms with Crippen molar-refractivity contribution in [2.45, 2.75) is 45.6 Å². The normalized spacial score (nSPS) is 16.1. The van der Waals surface area contributed by atoms with Crippen molar-refractivity contribution in [2.75, 3.05) is 5.73 Å². The number of aromatic nitrogens is 3. The van der Waals surface area contributed by atoms with E-state index in [9.17, 15) is 0 Å². The third kappa shape index (κ3) is 2.11. The fourth-order valence-corrected chi connectivity index (χ4v) is 3.00.